The van der Waals surface area contributed by atoms with Gasteiger partial charge in [-0.05, 0) is 0 Å². The Bertz CT molecular complexity index is 350. The lowest BCUT2D eigenvalue weighted by Gasteiger charge is -2.26. The molecule has 0 fully saturated rings. The third-order valence-electron chi connectivity index (χ3n) is 0.754. The number of quaternary nitrogens is 1. The minimum absolute atomic E-state index is 0.599. The molecular weight excluding hydrogens is 146 g/mol. The second kappa shape index (κ2) is 3.69. The fraction of sp³-hybridized carbons (Fsp3) is 0.857. The highest BCUT2D eigenvalue weighted by Gasteiger charge is 2.14. The number of nitrogens with zero attached hydrogens (tertiary/aromatic N) is 1. The van der Waals surface area contributed by atoms with Crippen LogP contribution in [0.5, 0.6) is 0 Å². The van der Waals surface area contributed by atoms with E-state index in [0.29, 0.717) is 7.05 Å². The van der Waals surface area contributed by atoms with Gasteiger partial charge in [0.2, 0.25) is 1.43 Å². The SMILES string of the molecule is [2H]O[C@H](CC(=O)[O-])C([2H])([2H])[N+](C)(C([2H])([2H])[2H])C([2H])([2H])[2H]. The molecule has 0 heterocycles. The van der Waals surface area contributed by atoms with Gasteiger partial charge in [-0.15, -0.1) is 0 Å². The van der Waals surface area contributed by atoms with Crippen LogP contribution in [0.2, 0.25) is 0 Å². The second-order valence-electron chi connectivity index (χ2n) is 2.20. The van der Waals surface area contributed by atoms with Gasteiger partial charge in [0.25, 0.3) is 0 Å². The zero-order chi connectivity index (χ0) is 16.6. The summed E-state index contributed by atoms with van der Waals surface area (Å²) >= 11 is 0. The van der Waals surface area contributed by atoms with Gasteiger partial charge in [-0.2, -0.15) is 0 Å². The molecule has 4 nitrogen and oxygen atoms in total. The summed E-state index contributed by atoms with van der Waals surface area (Å²) in [7, 11) is 0.599. The van der Waals surface area contributed by atoms with Crippen LogP contribution >= 0.6 is 0 Å². The van der Waals surface area contributed by atoms with Crippen LogP contribution in [0.4, 0.5) is 0 Å². The summed E-state index contributed by atoms with van der Waals surface area (Å²) in [5, 5.41) is 14.4. The molecule has 1 N–H and O–H groups in total. The normalized spacial score (nSPS) is 30.1. The van der Waals surface area contributed by atoms with Crippen LogP contribution in [0.15, 0.2) is 0 Å². The van der Waals surface area contributed by atoms with Crippen molar-refractivity contribution in [1.82, 2.24) is 0 Å². The van der Waals surface area contributed by atoms with Crippen molar-refractivity contribution in [2.24, 2.45) is 0 Å². The summed E-state index contributed by atoms with van der Waals surface area (Å²) in [6, 6.07) is 0. The third kappa shape index (κ3) is 7.29. The monoisotopic (exact) mass is 170 g/mol. The van der Waals surface area contributed by atoms with Gasteiger partial charge in [-0.3, -0.25) is 0 Å². The molecule has 0 unspecified atom stereocenters. The molecular formula is C7H15NO3. The maximum atomic E-state index is 10.5. The topological polar surface area (TPSA) is 60.4 Å². The first kappa shape index (κ1) is 2.71. The molecule has 0 aromatic heterocycles. The highest BCUT2D eigenvalue weighted by molar-refractivity contribution is 5.64. The Kier molecular flexibility index (Phi) is 0.908. The fourth-order valence-corrected chi connectivity index (χ4v) is 0.485. The zero-order valence-corrected chi connectivity index (χ0v) is 5.96. The van der Waals surface area contributed by atoms with Crippen LogP contribution in [0.3, 0.4) is 0 Å². The molecule has 0 aliphatic rings. The predicted octanol–water partition coefficient (Wildman–Crippen LogP) is -1.81. The van der Waals surface area contributed by atoms with E-state index in [9.17, 15) is 9.90 Å². The van der Waals surface area contributed by atoms with Crippen LogP contribution in [0.25, 0.3) is 0 Å². The van der Waals surface area contributed by atoms with Crippen molar-refractivity contribution in [2.45, 2.75) is 12.5 Å². The van der Waals surface area contributed by atoms with E-state index in [0.717, 1.165) is 0 Å². The standard InChI is InChI=1S/C7H15NO3/c1-8(2,3)5-6(9)4-7(10)11/h6,9H,4-5H2,1-3H3/t6-/m1/s1/i1D3,2D3,5D2,9D. The van der Waals surface area contributed by atoms with Gasteiger partial charge in [0, 0.05) is 12.4 Å². The van der Waals surface area contributed by atoms with Crippen molar-refractivity contribution >= 4 is 5.97 Å². The lowest BCUT2D eigenvalue weighted by molar-refractivity contribution is -0.873. The van der Waals surface area contributed by atoms with Gasteiger partial charge in [0.05, 0.1) is 32.0 Å². The minimum atomic E-state index is -3.34. The molecule has 0 saturated heterocycles. The molecule has 11 heavy (non-hydrogen) atoms. The Labute approximate surface area is 79.4 Å². The Balaban J connectivity index is 5.97. The number of carboxylic acid groups (broad SMARTS) is 1. The molecule has 0 rings (SSSR count). The van der Waals surface area contributed by atoms with E-state index in [-0.39, 0.29) is 0 Å². The molecule has 0 saturated carbocycles. The maximum absolute atomic E-state index is 10.5. The number of carbonyl (C=O) groups excluding carboxylic acids is 1. The molecule has 0 aliphatic heterocycles. The number of aliphatic hydroxyl groups excluding tert-OH is 1. The Morgan fingerprint density at radius 3 is 3.00 bits per heavy atom. The van der Waals surface area contributed by atoms with E-state index in [2.05, 4.69) is 5.11 Å². The van der Waals surface area contributed by atoms with E-state index in [1.54, 1.807) is 0 Å². The molecule has 0 aromatic carbocycles. The highest BCUT2D eigenvalue weighted by atomic mass is 16.4. The lowest BCUT2D eigenvalue weighted by Crippen LogP contribution is -2.43. The predicted molar refractivity (Wildman–Crippen MR) is 38.5 cm³/mol. The van der Waals surface area contributed by atoms with E-state index in [4.69, 9.17) is 12.4 Å². The minimum Gasteiger partial charge on any atom is -0.550 e. The highest BCUT2D eigenvalue weighted by Crippen LogP contribution is 1.97. The van der Waals surface area contributed by atoms with Crippen molar-refractivity contribution in [2.75, 3.05) is 27.5 Å². The third-order valence-corrected chi connectivity index (χ3v) is 0.754. The van der Waals surface area contributed by atoms with Crippen molar-refractivity contribution in [3.8, 4) is 0 Å². The number of carbonyl (C=O) groups is 1. The van der Waals surface area contributed by atoms with E-state index in [1.165, 1.54) is 0 Å². The molecule has 0 radical (unpaired) electrons. The smallest absolute Gasteiger partial charge is 0.211 e. The van der Waals surface area contributed by atoms with Crippen molar-refractivity contribution in [3.05, 3.63) is 0 Å². The number of hydrogen-bond donors (Lipinski definition) is 1. The average molecular weight is 170 g/mol. The first-order valence-electron chi connectivity index (χ1n) is 7.22. The summed E-state index contributed by atoms with van der Waals surface area (Å²) < 4.78 is 63.7. The van der Waals surface area contributed by atoms with Crippen LogP contribution in [-0.4, -0.2) is 50.6 Å². The molecule has 0 amide bonds. The molecule has 0 spiro atoms. The number of aliphatic carboxylic acids is 1. The van der Waals surface area contributed by atoms with Crippen molar-refractivity contribution in [3.63, 3.8) is 0 Å². The Hall–Kier alpha value is -0.610. The van der Waals surface area contributed by atoms with Crippen LogP contribution in [-0.2, 0) is 4.79 Å². The second-order valence-corrected chi connectivity index (χ2v) is 2.20. The van der Waals surface area contributed by atoms with Crippen molar-refractivity contribution in [1.29, 1.82) is 1.43 Å². The van der Waals surface area contributed by atoms with Gasteiger partial charge in [-0.25, -0.2) is 0 Å². The molecule has 4 heteroatoms. The quantitative estimate of drug-likeness (QED) is 0.495. The fourth-order valence-electron chi connectivity index (χ4n) is 0.485. The van der Waals surface area contributed by atoms with Crippen LogP contribution in [0.1, 0.15) is 17.4 Å². The van der Waals surface area contributed by atoms with Gasteiger partial charge in [-0.1, -0.05) is 0 Å². The van der Waals surface area contributed by atoms with E-state index < -0.39 is 43.4 Å². The van der Waals surface area contributed by atoms with E-state index >= 15 is 0 Å². The average Bonchev–Trinajstić information content (AvgIpc) is 2.20. The number of likely N-dealkylation sites (N-methyl/N-ethyl adjacent to an activating group) is 1. The molecule has 66 valence electrons. The number of aliphatic hydroxyl groups is 1. The summed E-state index contributed by atoms with van der Waals surface area (Å²) in [5.74, 6) is -1.80. The van der Waals surface area contributed by atoms with Gasteiger partial charge < -0.3 is 19.5 Å². The van der Waals surface area contributed by atoms with E-state index in [1.807, 2.05) is 0 Å². The zero-order valence-electron chi connectivity index (χ0n) is 15.0. The molecule has 0 aliphatic carbocycles. The summed E-state index contributed by atoms with van der Waals surface area (Å²) in [5.41, 5.74) is 0. The van der Waals surface area contributed by atoms with Crippen LogP contribution in [0, 0.1) is 0 Å². The first-order chi connectivity index (χ1) is 8.63. The number of rotatable bonds is 5. The van der Waals surface area contributed by atoms with Crippen molar-refractivity contribution < 1.29 is 30.5 Å². The molecule has 1 atom stereocenters. The molecule has 0 aromatic rings. The summed E-state index contributed by atoms with van der Waals surface area (Å²) in [4.78, 5) is 10.5. The van der Waals surface area contributed by atoms with Gasteiger partial charge >= 0.3 is 0 Å². The van der Waals surface area contributed by atoms with Crippen LogP contribution < -0.4 is 5.11 Å². The number of hydrogen-bond acceptors (Lipinski definition) is 3. The summed E-state index contributed by atoms with van der Waals surface area (Å²) in [6.45, 7) is -9.87. The Morgan fingerprint density at radius 1 is 2.00 bits per heavy atom. The van der Waals surface area contributed by atoms with Gasteiger partial charge in [0.15, 0.2) is 0 Å². The maximum Gasteiger partial charge on any atom is 0.211 e. The largest absolute Gasteiger partial charge is 0.550 e. The molecule has 0 bridgehead atoms. The Morgan fingerprint density at radius 2 is 2.64 bits per heavy atom. The lowest BCUT2D eigenvalue weighted by atomic mass is 10.2. The number of carboxylic acids is 1. The first-order valence-corrected chi connectivity index (χ1v) is 2.81. The van der Waals surface area contributed by atoms with Gasteiger partial charge in [0.1, 0.15) is 12.6 Å². The summed E-state index contributed by atoms with van der Waals surface area (Å²) in [6.07, 6.45) is -3.28.